The summed E-state index contributed by atoms with van der Waals surface area (Å²) >= 11 is 0. The highest BCUT2D eigenvalue weighted by atomic mass is 31.2. The summed E-state index contributed by atoms with van der Waals surface area (Å²) in [6.07, 6.45) is 86.5. The van der Waals surface area contributed by atoms with Crippen LogP contribution in [0.5, 0.6) is 0 Å². The molecule has 0 heterocycles. The second-order valence-electron chi connectivity index (χ2n) is 24.3. The van der Waals surface area contributed by atoms with Crippen molar-refractivity contribution in [2.75, 3.05) is 39.6 Å². The van der Waals surface area contributed by atoms with Crippen LogP contribution in [0, 0.1) is 0 Å². The van der Waals surface area contributed by atoms with Gasteiger partial charge in [0.25, 0.3) is 0 Å². The first-order chi connectivity index (χ1) is 47.2. The number of aliphatic hydroxyl groups is 2. The van der Waals surface area contributed by atoms with Gasteiger partial charge in [-0.3, -0.25) is 32.5 Å². The van der Waals surface area contributed by atoms with Crippen LogP contribution in [0.4, 0.5) is 0 Å². The molecule has 0 aromatic rings. The van der Waals surface area contributed by atoms with Gasteiger partial charge in [-0.25, -0.2) is 9.13 Å². The Morgan fingerprint density at radius 1 is 0.299 bits per heavy atom. The zero-order chi connectivity index (χ0) is 70.9. The number of unbranched alkanes of at least 4 members (excludes halogenated alkanes) is 22. The van der Waals surface area contributed by atoms with Crippen LogP contribution in [0.15, 0.2) is 146 Å². The smallest absolute Gasteiger partial charge is 0.463 e. The molecule has 5 unspecified atom stereocenters. The van der Waals surface area contributed by atoms with E-state index in [9.17, 15) is 43.5 Å². The molecule has 0 radical (unpaired) electrons. The fourth-order valence-corrected chi connectivity index (χ4v) is 11.0. The lowest BCUT2D eigenvalue weighted by Crippen LogP contribution is -2.30. The Kier molecular flexibility index (Phi) is 67.9. The van der Waals surface area contributed by atoms with Crippen LogP contribution >= 0.6 is 15.6 Å². The fraction of sp³-hybridized carbons (Fsp3) is 0.658. The summed E-state index contributed by atoms with van der Waals surface area (Å²) in [5.41, 5.74) is 0. The first-order valence-electron chi connectivity index (χ1n) is 37.1. The molecule has 0 aliphatic carbocycles. The molecule has 97 heavy (non-hydrogen) atoms. The van der Waals surface area contributed by atoms with Crippen LogP contribution in [0.25, 0.3) is 0 Å². The van der Waals surface area contributed by atoms with E-state index in [1.165, 1.54) is 77.0 Å². The molecule has 0 saturated carbocycles. The Labute approximate surface area is 587 Å². The van der Waals surface area contributed by atoms with Gasteiger partial charge in [0.1, 0.15) is 25.4 Å². The maximum atomic E-state index is 12.9. The van der Waals surface area contributed by atoms with Crippen molar-refractivity contribution in [1.29, 1.82) is 0 Å². The number of phosphoric acid groups is 2. The Morgan fingerprint density at radius 3 is 0.918 bits per heavy atom. The molecule has 0 amide bonds. The number of aliphatic hydroxyl groups excluding tert-OH is 2. The number of ether oxygens (including phenoxy) is 3. The molecule has 0 aliphatic rings. The maximum Gasteiger partial charge on any atom is 0.472 e. The molecule has 18 heteroatoms. The second kappa shape index (κ2) is 71.3. The van der Waals surface area contributed by atoms with Crippen LogP contribution in [-0.2, 0) is 55.8 Å². The standard InChI is InChI=1S/C79H132O16P2/c1-4-7-10-13-16-19-22-24-26-28-29-30-31-32-33-34-35-36-37-38-39-40-41-42-43-45-47-48-51-53-56-59-62-65-77(82)89-68-74(80)69-91-96(85,86)92-70-75(81)71-93-97(87,88)94-73-76(95-79(84)67-64-61-58-55-50-21-18-15-12-9-6-3)72-90-78(83)66-63-60-57-54-52-49-46-44-27-25-23-20-17-14-11-8-5-2/h7-8,10-11,15-20,24-27,29-30,32-33,35-36,46,49,54,57,74-76,80-81H,4-6,9,12-14,21-23,28,31,34,37-45,47-48,50-53,55-56,58-73H2,1-3H3,(H,85,86)(H,87,88)/b10-7-,11-8-,18-15-,19-16-,20-17-,26-24-,27-25-,30-29-,33-32-,36-35-,49-46-,57-54-. The van der Waals surface area contributed by atoms with E-state index in [2.05, 4.69) is 154 Å². The monoisotopic (exact) mass is 1400 g/mol. The molecule has 0 saturated heterocycles. The number of carbonyl (C=O) groups is 3. The van der Waals surface area contributed by atoms with Gasteiger partial charge in [-0.2, -0.15) is 0 Å². The third kappa shape index (κ3) is 72.5. The molecule has 0 aromatic carbocycles. The quantitative estimate of drug-likeness (QED) is 0.0146. The summed E-state index contributed by atoms with van der Waals surface area (Å²) in [7, 11) is -9.80. The van der Waals surface area contributed by atoms with Crippen molar-refractivity contribution in [2.24, 2.45) is 0 Å². The van der Waals surface area contributed by atoms with Crippen molar-refractivity contribution in [3.8, 4) is 0 Å². The van der Waals surface area contributed by atoms with Gasteiger partial charge >= 0.3 is 33.6 Å². The van der Waals surface area contributed by atoms with Crippen molar-refractivity contribution < 1.29 is 75.8 Å². The number of rotatable bonds is 69. The minimum absolute atomic E-state index is 0.0789. The lowest BCUT2D eigenvalue weighted by Gasteiger charge is -2.21. The van der Waals surface area contributed by atoms with Crippen LogP contribution in [0.3, 0.4) is 0 Å². The number of hydrogen-bond acceptors (Lipinski definition) is 14. The largest absolute Gasteiger partial charge is 0.472 e. The Morgan fingerprint density at radius 2 is 0.557 bits per heavy atom. The van der Waals surface area contributed by atoms with Crippen LogP contribution in [0.2, 0.25) is 0 Å². The number of carbonyl (C=O) groups excluding carboxylic acids is 3. The molecule has 16 nitrogen and oxygen atoms in total. The lowest BCUT2D eigenvalue weighted by atomic mass is 10.0. The van der Waals surface area contributed by atoms with Gasteiger partial charge < -0.3 is 34.2 Å². The minimum atomic E-state index is -4.94. The first-order valence-corrected chi connectivity index (χ1v) is 40.1. The highest BCUT2D eigenvalue weighted by Crippen LogP contribution is 2.45. The molecule has 0 bridgehead atoms. The van der Waals surface area contributed by atoms with E-state index >= 15 is 0 Å². The zero-order valence-electron chi connectivity index (χ0n) is 60.2. The summed E-state index contributed by atoms with van der Waals surface area (Å²) in [5.74, 6) is -1.66. The SMILES string of the molecule is CC/C=C\C/C=C\C/C=C\C/C=C\C/C=C\C/C=C\CCCCCCCCCCCCCCCCC(=O)OCC(O)COP(=O)(O)OCC(O)COP(=O)(O)OCC(COC(=O)CCC/C=C\C/C=C\C/C=C\C/C=C\C/C=C\CC)OC(=O)CCCCCCC/C=C\CCCC. The molecule has 0 aliphatic heterocycles. The third-order valence-electron chi connectivity index (χ3n) is 15.0. The second-order valence-corrected chi connectivity index (χ2v) is 27.2. The third-order valence-corrected chi connectivity index (χ3v) is 16.9. The van der Waals surface area contributed by atoms with Gasteiger partial charge in [-0.15, -0.1) is 0 Å². The molecule has 0 fully saturated rings. The van der Waals surface area contributed by atoms with E-state index in [1.807, 2.05) is 12.2 Å². The first kappa shape index (κ1) is 92.4. The molecular formula is C79H132O16P2. The summed E-state index contributed by atoms with van der Waals surface area (Å²) in [5, 5.41) is 20.6. The van der Waals surface area contributed by atoms with Crippen molar-refractivity contribution in [3.05, 3.63) is 146 Å². The topological polar surface area (TPSA) is 231 Å². The summed E-state index contributed by atoms with van der Waals surface area (Å²) in [6, 6.07) is 0. The van der Waals surface area contributed by atoms with Crippen molar-refractivity contribution >= 4 is 33.6 Å². The van der Waals surface area contributed by atoms with E-state index in [0.717, 1.165) is 135 Å². The molecule has 0 rings (SSSR count). The van der Waals surface area contributed by atoms with Gasteiger partial charge in [0.15, 0.2) is 6.10 Å². The predicted molar refractivity (Wildman–Crippen MR) is 399 cm³/mol. The lowest BCUT2D eigenvalue weighted by molar-refractivity contribution is -0.161. The van der Waals surface area contributed by atoms with Gasteiger partial charge in [0, 0.05) is 19.3 Å². The average Bonchev–Trinajstić information content (AvgIpc) is 1.59. The predicted octanol–water partition coefficient (Wildman–Crippen LogP) is 21.3. The Bertz CT molecular complexity index is 2350. The maximum absolute atomic E-state index is 12.9. The van der Waals surface area contributed by atoms with Gasteiger partial charge in [0.05, 0.1) is 26.4 Å². The average molecular weight is 1400 g/mol. The molecule has 554 valence electrons. The van der Waals surface area contributed by atoms with E-state index in [0.29, 0.717) is 25.7 Å². The molecule has 0 aromatic heterocycles. The van der Waals surface area contributed by atoms with E-state index in [1.54, 1.807) is 0 Å². The van der Waals surface area contributed by atoms with Gasteiger partial charge in [-0.1, -0.05) is 276 Å². The van der Waals surface area contributed by atoms with E-state index in [4.69, 9.17) is 32.3 Å². The van der Waals surface area contributed by atoms with Crippen LogP contribution in [0.1, 0.15) is 278 Å². The highest BCUT2D eigenvalue weighted by molar-refractivity contribution is 7.47. The summed E-state index contributed by atoms with van der Waals surface area (Å²) < 4.78 is 60.8. The van der Waals surface area contributed by atoms with Gasteiger partial charge in [0.2, 0.25) is 0 Å². The summed E-state index contributed by atoms with van der Waals surface area (Å²) in [4.78, 5) is 58.3. The molecule has 5 atom stereocenters. The van der Waals surface area contributed by atoms with Crippen molar-refractivity contribution in [3.63, 3.8) is 0 Å². The van der Waals surface area contributed by atoms with Gasteiger partial charge in [-0.05, 0) is 128 Å². The molecule has 4 N–H and O–H groups in total. The fourth-order valence-electron chi connectivity index (χ4n) is 9.41. The number of allylic oxidation sites excluding steroid dienone is 24. The number of esters is 3. The minimum Gasteiger partial charge on any atom is -0.463 e. The number of hydrogen-bond donors (Lipinski definition) is 4. The summed E-state index contributed by atoms with van der Waals surface area (Å²) in [6.45, 7) is 2.31. The van der Waals surface area contributed by atoms with Crippen molar-refractivity contribution in [2.45, 2.75) is 296 Å². The highest BCUT2D eigenvalue weighted by Gasteiger charge is 2.29. The van der Waals surface area contributed by atoms with Crippen LogP contribution < -0.4 is 0 Å². The van der Waals surface area contributed by atoms with E-state index < -0.39 is 91.5 Å². The Hall–Kier alpha value is -4.57. The van der Waals surface area contributed by atoms with Crippen LogP contribution in [-0.4, -0.2) is 95.9 Å². The Balaban J connectivity index is 4.40. The zero-order valence-corrected chi connectivity index (χ0v) is 62.0. The molecular weight excluding hydrogens is 1270 g/mol. The normalized spacial score (nSPS) is 14.9. The number of phosphoric ester groups is 2. The van der Waals surface area contributed by atoms with Crippen molar-refractivity contribution in [1.82, 2.24) is 0 Å². The van der Waals surface area contributed by atoms with E-state index in [-0.39, 0.29) is 19.3 Å². The molecule has 0 spiro atoms.